The van der Waals surface area contributed by atoms with Gasteiger partial charge in [0, 0.05) is 4.92 Å². The number of hydrogen-bond acceptors (Lipinski definition) is 3. The van der Waals surface area contributed by atoms with E-state index in [2.05, 4.69) is 18.5 Å². The third kappa shape index (κ3) is 12.2. The number of nitrogens with one attached hydrogen (secondary N) is 1. The summed E-state index contributed by atoms with van der Waals surface area (Å²) in [6.07, 6.45) is 4.43. The second kappa shape index (κ2) is 11.3. The van der Waals surface area contributed by atoms with E-state index in [1.807, 2.05) is 14.1 Å². The van der Waals surface area contributed by atoms with Crippen LogP contribution in [0, 0.1) is 10.1 Å². The maximum Gasteiger partial charge on any atom is 0.231 e. The van der Waals surface area contributed by atoms with Gasteiger partial charge in [-0.2, -0.15) is 0 Å². The van der Waals surface area contributed by atoms with Crippen LogP contribution >= 0.6 is 0 Å². The summed E-state index contributed by atoms with van der Waals surface area (Å²) in [7, 11) is 3.75. The van der Waals surface area contributed by atoms with Crippen molar-refractivity contribution in [2.75, 3.05) is 20.6 Å². The van der Waals surface area contributed by atoms with Crippen LogP contribution in [0.15, 0.2) is 48.9 Å². The molecule has 0 rings (SSSR count). The Kier molecular flexibility index (Phi) is 11.8. The van der Waals surface area contributed by atoms with Gasteiger partial charge < -0.3 is 5.32 Å². The van der Waals surface area contributed by atoms with Gasteiger partial charge in [-0.25, -0.2) is 4.39 Å². The van der Waals surface area contributed by atoms with Crippen LogP contribution in [0.2, 0.25) is 0 Å². The number of nitro groups is 1. The Labute approximate surface area is 95.0 Å². The lowest BCUT2D eigenvalue weighted by Gasteiger charge is -1.92. The van der Waals surface area contributed by atoms with Crippen LogP contribution in [0.4, 0.5) is 4.39 Å². The number of rotatable bonds is 5. The maximum atomic E-state index is 12.0. The molecular formula is C11H17FN2O2. The molecule has 0 aromatic rings. The summed E-state index contributed by atoms with van der Waals surface area (Å²) >= 11 is 0. The van der Waals surface area contributed by atoms with Crippen molar-refractivity contribution < 1.29 is 9.31 Å². The van der Waals surface area contributed by atoms with Crippen molar-refractivity contribution >= 4 is 0 Å². The number of nitrogens with zero attached hydrogens (tertiary/aromatic N) is 1. The molecule has 0 unspecified atom stereocenters. The van der Waals surface area contributed by atoms with Crippen molar-refractivity contribution in [3.63, 3.8) is 0 Å². The van der Waals surface area contributed by atoms with Gasteiger partial charge in [-0.15, -0.1) is 0 Å². The summed E-state index contributed by atoms with van der Waals surface area (Å²) in [5.74, 6) is 0. The van der Waals surface area contributed by atoms with Gasteiger partial charge in [0.1, 0.15) is 0 Å². The van der Waals surface area contributed by atoms with Gasteiger partial charge in [0.2, 0.25) is 6.54 Å². The molecule has 0 fully saturated rings. The normalized spacial score (nSPS) is 10.6. The standard InChI is InChI=1S/C9H10FNO2.C2H7N/c1-3-8(2)4-5-9(6-10)7-11(12)13;1-3-2/h3-6H,1-2,7H2;3H,1-2H3/b5-4-,9-6-;. The Balaban J connectivity index is 0. The van der Waals surface area contributed by atoms with Gasteiger partial charge >= 0.3 is 0 Å². The average molecular weight is 228 g/mol. The Morgan fingerprint density at radius 1 is 1.50 bits per heavy atom. The molecule has 16 heavy (non-hydrogen) atoms. The fraction of sp³-hybridized carbons (Fsp3) is 0.273. The van der Waals surface area contributed by atoms with Crippen molar-refractivity contribution in [1.29, 1.82) is 0 Å². The maximum absolute atomic E-state index is 12.0. The van der Waals surface area contributed by atoms with E-state index < -0.39 is 11.5 Å². The van der Waals surface area contributed by atoms with Gasteiger partial charge in [-0.05, 0) is 25.7 Å². The van der Waals surface area contributed by atoms with E-state index in [0.717, 1.165) is 0 Å². The molecule has 0 aliphatic heterocycles. The van der Waals surface area contributed by atoms with Gasteiger partial charge in [-0.1, -0.05) is 25.3 Å². The SMILES string of the molecule is C=CC(=C)/C=C\C(=C\F)C[N+](=O)[O-].CNC. The Hall–Kier alpha value is -1.75. The van der Waals surface area contributed by atoms with Crippen molar-refractivity contribution in [3.8, 4) is 0 Å². The summed E-state index contributed by atoms with van der Waals surface area (Å²) < 4.78 is 12.0. The molecule has 0 spiro atoms. The van der Waals surface area contributed by atoms with Crippen LogP contribution in [0.1, 0.15) is 0 Å². The highest BCUT2D eigenvalue weighted by Gasteiger charge is 2.00. The lowest BCUT2D eigenvalue weighted by atomic mass is 10.2. The van der Waals surface area contributed by atoms with E-state index in [4.69, 9.17) is 0 Å². The molecule has 0 aromatic heterocycles. The first-order valence-corrected chi connectivity index (χ1v) is 4.50. The zero-order valence-corrected chi connectivity index (χ0v) is 9.57. The molecule has 0 atom stereocenters. The van der Waals surface area contributed by atoms with Gasteiger partial charge in [-0.3, -0.25) is 10.1 Å². The first-order valence-electron chi connectivity index (χ1n) is 4.50. The van der Waals surface area contributed by atoms with E-state index >= 15 is 0 Å². The molecule has 0 heterocycles. The van der Waals surface area contributed by atoms with Crippen LogP contribution in [-0.4, -0.2) is 25.6 Å². The number of hydrogen-bond donors (Lipinski definition) is 1. The smallest absolute Gasteiger partial charge is 0.231 e. The Morgan fingerprint density at radius 2 is 2.00 bits per heavy atom. The molecule has 0 saturated carbocycles. The largest absolute Gasteiger partial charge is 0.323 e. The van der Waals surface area contributed by atoms with Crippen molar-refractivity contribution in [2.45, 2.75) is 0 Å². The zero-order chi connectivity index (χ0) is 13.0. The highest BCUT2D eigenvalue weighted by atomic mass is 19.1. The predicted octanol–water partition coefficient (Wildman–Crippen LogP) is 2.25. The first kappa shape index (κ1) is 16.7. The molecule has 0 radical (unpaired) electrons. The van der Waals surface area contributed by atoms with Gasteiger partial charge in [0.25, 0.3) is 0 Å². The van der Waals surface area contributed by atoms with Crippen molar-refractivity contribution in [3.05, 3.63) is 59.0 Å². The summed E-state index contributed by atoms with van der Waals surface area (Å²) in [6, 6.07) is 0. The molecule has 0 saturated heterocycles. The molecule has 90 valence electrons. The highest BCUT2D eigenvalue weighted by Crippen LogP contribution is 2.02. The second-order valence-corrected chi connectivity index (χ2v) is 2.79. The Morgan fingerprint density at radius 3 is 2.31 bits per heavy atom. The summed E-state index contributed by atoms with van der Waals surface area (Å²) in [5, 5.41) is 12.8. The van der Waals surface area contributed by atoms with Gasteiger partial charge in [0.05, 0.1) is 11.9 Å². The van der Waals surface area contributed by atoms with E-state index in [-0.39, 0.29) is 11.9 Å². The topological polar surface area (TPSA) is 55.2 Å². The van der Waals surface area contributed by atoms with Crippen LogP contribution in [0.25, 0.3) is 0 Å². The fourth-order valence-electron chi connectivity index (χ4n) is 0.555. The van der Waals surface area contributed by atoms with E-state index in [0.29, 0.717) is 5.57 Å². The predicted molar refractivity (Wildman–Crippen MR) is 64.5 cm³/mol. The van der Waals surface area contributed by atoms with E-state index in [1.54, 1.807) is 0 Å². The zero-order valence-electron chi connectivity index (χ0n) is 9.57. The highest BCUT2D eigenvalue weighted by molar-refractivity contribution is 5.31. The molecule has 0 aliphatic rings. The Bertz CT molecular complexity index is 296. The molecule has 0 aromatic carbocycles. The van der Waals surface area contributed by atoms with Gasteiger partial charge in [0.15, 0.2) is 0 Å². The minimum absolute atomic E-state index is 0.00648. The quantitative estimate of drug-likeness (QED) is 0.446. The molecular weight excluding hydrogens is 211 g/mol. The molecule has 0 bridgehead atoms. The number of allylic oxidation sites excluding steroid dienone is 3. The van der Waals surface area contributed by atoms with E-state index in [1.165, 1.54) is 18.2 Å². The third-order valence-electron chi connectivity index (χ3n) is 1.23. The summed E-state index contributed by atoms with van der Waals surface area (Å²) in [5.41, 5.74) is 0.565. The van der Waals surface area contributed by atoms with Crippen LogP contribution < -0.4 is 5.32 Å². The molecule has 0 aliphatic carbocycles. The van der Waals surface area contributed by atoms with Crippen molar-refractivity contribution in [2.24, 2.45) is 0 Å². The van der Waals surface area contributed by atoms with Crippen LogP contribution in [-0.2, 0) is 0 Å². The van der Waals surface area contributed by atoms with Crippen LogP contribution in [0.3, 0.4) is 0 Å². The molecule has 5 heteroatoms. The summed E-state index contributed by atoms with van der Waals surface area (Å²) in [6.45, 7) is 6.43. The molecule has 0 amide bonds. The fourth-order valence-corrected chi connectivity index (χ4v) is 0.555. The lowest BCUT2D eigenvalue weighted by Crippen LogP contribution is -2.01. The minimum Gasteiger partial charge on any atom is -0.323 e. The van der Waals surface area contributed by atoms with Crippen molar-refractivity contribution in [1.82, 2.24) is 5.32 Å². The van der Waals surface area contributed by atoms with Crippen LogP contribution in [0.5, 0.6) is 0 Å². The molecule has 1 N–H and O–H groups in total. The first-order chi connectivity index (χ1) is 7.51. The van der Waals surface area contributed by atoms with E-state index in [9.17, 15) is 14.5 Å². The third-order valence-corrected chi connectivity index (χ3v) is 1.23. The minimum atomic E-state index is -0.605. The average Bonchev–Trinajstić information content (AvgIpc) is 2.24. The second-order valence-electron chi connectivity index (χ2n) is 2.79. The number of halogens is 1. The lowest BCUT2D eigenvalue weighted by molar-refractivity contribution is -0.470. The summed E-state index contributed by atoms with van der Waals surface area (Å²) in [4.78, 5) is 9.40. The monoisotopic (exact) mass is 228 g/mol. The molecule has 4 nitrogen and oxygen atoms in total.